The molecule has 8 nitrogen and oxygen atoms in total. The number of benzene rings is 2. The molecule has 1 unspecified atom stereocenters. The van der Waals surface area contributed by atoms with Crippen molar-refractivity contribution in [2.45, 2.75) is 19.1 Å². The fourth-order valence-electron chi connectivity index (χ4n) is 3.09. The van der Waals surface area contributed by atoms with Crippen LogP contribution in [0, 0.1) is 0 Å². The van der Waals surface area contributed by atoms with E-state index in [1.54, 1.807) is 30.5 Å². The Morgan fingerprint density at radius 3 is 2.45 bits per heavy atom. The zero-order valence-corrected chi connectivity index (χ0v) is 15.6. The van der Waals surface area contributed by atoms with Crippen LogP contribution < -0.4 is 5.73 Å². The van der Waals surface area contributed by atoms with Gasteiger partial charge in [-0.1, -0.05) is 48.5 Å². The minimum atomic E-state index is -1.45. The molecule has 0 bridgehead atoms. The van der Waals surface area contributed by atoms with E-state index in [2.05, 4.69) is 4.98 Å². The summed E-state index contributed by atoms with van der Waals surface area (Å²) in [6, 6.07) is 14.8. The number of nitrogens with two attached hydrogens (primary N) is 1. The largest absolute Gasteiger partial charge is 0.480 e. The minimum absolute atomic E-state index is 0.0779. The van der Waals surface area contributed by atoms with E-state index in [1.165, 1.54) is 0 Å². The number of H-pyrrole nitrogens is 1. The zero-order valence-electron chi connectivity index (χ0n) is 15.6. The predicted octanol–water partition coefficient (Wildman–Crippen LogP) is 2.29. The Labute approximate surface area is 166 Å². The van der Waals surface area contributed by atoms with E-state index in [0.717, 1.165) is 10.9 Å². The summed E-state index contributed by atoms with van der Waals surface area (Å²) in [6.07, 6.45) is 0.545. The average molecular weight is 395 g/mol. The van der Waals surface area contributed by atoms with Crippen molar-refractivity contribution in [3.8, 4) is 0 Å². The number of hydrogen-bond acceptors (Lipinski definition) is 5. The first-order valence-corrected chi connectivity index (χ1v) is 9.02. The van der Waals surface area contributed by atoms with E-state index in [9.17, 15) is 19.5 Å². The highest BCUT2D eigenvalue weighted by molar-refractivity contribution is 5.97. The van der Waals surface area contributed by atoms with Gasteiger partial charge in [-0.15, -0.1) is 0 Å². The van der Waals surface area contributed by atoms with Gasteiger partial charge in [-0.05, 0) is 17.2 Å². The van der Waals surface area contributed by atoms with Gasteiger partial charge in [0.1, 0.15) is 12.6 Å². The van der Waals surface area contributed by atoms with Crippen LogP contribution in [0.15, 0.2) is 60.8 Å². The van der Waals surface area contributed by atoms with Gasteiger partial charge in [0.2, 0.25) is 5.91 Å². The van der Waals surface area contributed by atoms with Gasteiger partial charge in [0.05, 0.1) is 6.54 Å². The van der Waals surface area contributed by atoms with Crippen molar-refractivity contribution in [1.29, 1.82) is 0 Å². The number of aromatic amines is 1. The third kappa shape index (κ3) is 4.61. The number of nitrogens with one attached hydrogen (secondary N) is 1. The summed E-state index contributed by atoms with van der Waals surface area (Å²) < 4.78 is 5.19. The number of carbonyl (C=O) groups excluding carboxylic acids is 2. The lowest BCUT2D eigenvalue weighted by molar-refractivity contribution is -0.148. The zero-order chi connectivity index (χ0) is 20.8. The number of para-hydroxylation sites is 1. The molecule has 1 aromatic heterocycles. The summed E-state index contributed by atoms with van der Waals surface area (Å²) in [5.74, 6) is -2.15. The highest BCUT2D eigenvalue weighted by Gasteiger charge is 2.36. The van der Waals surface area contributed by atoms with Gasteiger partial charge >= 0.3 is 12.1 Å². The van der Waals surface area contributed by atoms with Crippen LogP contribution in [0.3, 0.4) is 0 Å². The number of carbonyl (C=O) groups is 3. The second-order valence-electron chi connectivity index (χ2n) is 6.43. The number of nitrogens with zero attached hydrogens (tertiary/aromatic N) is 1. The fraction of sp³-hybridized carbons (Fsp3) is 0.190. The Bertz CT molecular complexity index is 1020. The Morgan fingerprint density at radius 1 is 1.07 bits per heavy atom. The van der Waals surface area contributed by atoms with E-state index < -0.39 is 30.6 Å². The summed E-state index contributed by atoms with van der Waals surface area (Å²) in [5.41, 5.74) is 7.63. The van der Waals surface area contributed by atoms with Crippen molar-refractivity contribution in [1.82, 2.24) is 9.88 Å². The molecule has 2 amide bonds. The van der Waals surface area contributed by atoms with Crippen molar-refractivity contribution in [3.63, 3.8) is 0 Å². The maximum absolute atomic E-state index is 12.6. The Balaban J connectivity index is 1.84. The minimum Gasteiger partial charge on any atom is -0.480 e. The molecule has 0 fully saturated rings. The quantitative estimate of drug-likeness (QED) is 0.563. The van der Waals surface area contributed by atoms with E-state index in [-0.39, 0.29) is 13.0 Å². The van der Waals surface area contributed by atoms with Crippen molar-refractivity contribution in [3.05, 3.63) is 71.9 Å². The van der Waals surface area contributed by atoms with Crippen LogP contribution in [0.1, 0.15) is 11.1 Å². The lowest BCUT2D eigenvalue weighted by Gasteiger charge is -2.26. The highest BCUT2D eigenvalue weighted by atomic mass is 16.6. The molecule has 3 rings (SSSR count). The van der Waals surface area contributed by atoms with Gasteiger partial charge in [-0.3, -0.25) is 4.79 Å². The number of rotatable bonds is 7. The van der Waals surface area contributed by atoms with Gasteiger partial charge in [-0.2, -0.15) is 0 Å². The van der Waals surface area contributed by atoms with Crippen LogP contribution in [-0.4, -0.2) is 45.5 Å². The molecule has 2 aromatic carbocycles. The molecule has 0 spiro atoms. The van der Waals surface area contributed by atoms with Crippen LogP contribution in [0.4, 0.5) is 4.79 Å². The lowest BCUT2D eigenvalue weighted by atomic mass is 10.0. The van der Waals surface area contributed by atoms with Crippen LogP contribution in [0.5, 0.6) is 0 Å². The number of imide groups is 1. The molecule has 0 radical (unpaired) electrons. The van der Waals surface area contributed by atoms with Gasteiger partial charge in [0.15, 0.2) is 0 Å². The summed E-state index contributed by atoms with van der Waals surface area (Å²) in [5, 5.41) is 10.6. The first-order valence-electron chi connectivity index (χ1n) is 9.02. The van der Waals surface area contributed by atoms with Crippen molar-refractivity contribution < 1.29 is 24.2 Å². The summed E-state index contributed by atoms with van der Waals surface area (Å²) in [6.45, 7) is -0.606. The van der Waals surface area contributed by atoms with Gasteiger partial charge < -0.3 is 20.6 Å². The number of aliphatic carboxylic acids is 1. The summed E-state index contributed by atoms with van der Waals surface area (Å²) >= 11 is 0. The number of carboxylic acids is 1. The van der Waals surface area contributed by atoms with Gasteiger partial charge in [0, 0.05) is 23.5 Å². The Hall–Kier alpha value is -3.65. The van der Waals surface area contributed by atoms with E-state index in [0.29, 0.717) is 16.0 Å². The number of ether oxygens (including phenoxy) is 1. The first-order chi connectivity index (χ1) is 14.0. The van der Waals surface area contributed by atoms with Crippen LogP contribution >= 0.6 is 0 Å². The van der Waals surface area contributed by atoms with E-state index in [4.69, 9.17) is 10.5 Å². The molecule has 3 aromatic rings. The monoisotopic (exact) mass is 395 g/mol. The SMILES string of the molecule is NCC(=O)N(C(=O)OCc1ccccc1)C(Cc1c[nH]c2ccccc12)C(=O)O. The average Bonchev–Trinajstić information content (AvgIpc) is 3.15. The second-order valence-corrected chi connectivity index (χ2v) is 6.43. The molecule has 0 aliphatic heterocycles. The van der Waals surface area contributed by atoms with Crippen LogP contribution in [-0.2, 0) is 27.4 Å². The van der Waals surface area contributed by atoms with Crippen LogP contribution in [0.25, 0.3) is 10.9 Å². The summed E-state index contributed by atoms with van der Waals surface area (Å²) in [7, 11) is 0. The number of hydrogen-bond donors (Lipinski definition) is 3. The second kappa shape index (κ2) is 9.03. The number of fused-ring (bicyclic) bond motifs is 1. The first kappa shape index (κ1) is 20.1. The van der Waals surface area contributed by atoms with E-state index in [1.807, 2.05) is 30.3 Å². The number of amides is 2. The maximum atomic E-state index is 12.6. The molecule has 0 saturated carbocycles. The van der Waals surface area contributed by atoms with E-state index >= 15 is 0 Å². The maximum Gasteiger partial charge on any atom is 0.417 e. The molecule has 1 heterocycles. The topological polar surface area (TPSA) is 126 Å². The third-order valence-corrected chi connectivity index (χ3v) is 4.53. The fourth-order valence-corrected chi connectivity index (χ4v) is 3.09. The molecule has 4 N–H and O–H groups in total. The molecule has 8 heteroatoms. The predicted molar refractivity (Wildman–Crippen MR) is 106 cm³/mol. The number of carboxylic acid groups (broad SMARTS) is 1. The molecule has 150 valence electrons. The molecular weight excluding hydrogens is 374 g/mol. The van der Waals surface area contributed by atoms with Crippen molar-refractivity contribution in [2.24, 2.45) is 5.73 Å². The Kier molecular flexibility index (Phi) is 6.25. The molecular formula is C21H21N3O5. The normalized spacial score (nSPS) is 11.8. The molecule has 1 atom stereocenters. The summed E-state index contributed by atoms with van der Waals surface area (Å²) in [4.78, 5) is 40.5. The standard InChI is InChI=1S/C21H21N3O5/c22-11-19(25)24(21(28)29-13-14-6-2-1-3-7-14)18(20(26)27)10-15-12-23-17-9-5-4-8-16(15)17/h1-9,12,18,23H,10-11,13,22H2,(H,26,27). The molecule has 29 heavy (non-hydrogen) atoms. The van der Waals surface area contributed by atoms with Crippen LogP contribution in [0.2, 0.25) is 0 Å². The highest BCUT2D eigenvalue weighted by Crippen LogP contribution is 2.21. The van der Waals surface area contributed by atoms with Crippen molar-refractivity contribution >= 4 is 28.9 Å². The lowest BCUT2D eigenvalue weighted by Crippen LogP contribution is -2.52. The number of aromatic nitrogens is 1. The molecule has 0 saturated heterocycles. The third-order valence-electron chi connectivity index (χ3n) is 4.53. The molecule has 0 aliphatic carbocycles. The molecule has 0 aliphatic rings. The smallest absolute Gasteiger partial charge is 0.417 e. The van der Waals surface area contributed by atoms with Gasteiger partial charge in [0.25, 0.3) is 0 Å². The van der Waals surface area contributed by atoms with Gasteiger partial charge in [-0.25, -0.2) is 14.5 Å². The Morgan fingerprint density at radius 2 is 1.76 bits per heavy atom. The van der Waals surface area contributed by atoms with Crippen molar-refractivity contribution in [2.75, 3.05) is 6.54 Å².